The Hall–Kier alpha value is -3.04. The van der Waals surface area contributed by atoms with E-state index < -0.39 is 12.7 Å². The second-order valence-electron chi connectivity index (χ2n) is 8.50. The summed E-state index contributed by atoms with van der Waals surface area (Å²) in [5.41, 5.74) is 4.75. The Kier molecular flexibility index (Phi) is 8.30. The van der Waals surface area contributed by atoms with E-state index in [-0.39, 0.29) is 23.6 Å². The topological polar surface area (TPSA) is 114 Å². The lowest BCUT2D eigenvalue weighted by molar-refractivity contribution is 0.0518. The first kappa shape index (κ1) is 25.1. The molecule has 1 fully saturated rings. The molecule has 2 aromatic heterocycles. The lowest BCUT2D eigenvalue weighted by Crippen LogP contribution is -2.22. The normalized spacial score (nSPS) is 15.0. The summed E-state index contributed by atoms with van der Waals surface area (Å²) in [7, 11) is 0. The van der Waals surface area contributed by atoms with Crippen molar-refractivity contribution in [2.45, 2.75) is 31.8 Å². The summed E-state index contributed by atoms with van der Waals surface area (Å²) in [6.07, 6.45) is 2.22. The van der Waals surface area contributed by atoms with Crippen LogP contribution >= 0.6 is 11.6 Å². The van der Waals surface area contributed by atoms with Gasteiger partial charge in [0.2, 0.25) is 5.88 Å². The van der Waals surface area contributed by atoms with E-state index >= 15 is 0 Å². The van der Waals surface area contributed by atoms with Gasteiger partial charge < -0.3 is 25.0 Å². The molecule has 3 heterocycles. The lowest BCUT2D eigenvalue weighted by Gasteiger charge is -2.23. The lowest BCUT2D eigenvalue weighted by atomic mass is 9.92. The molecular weight excluding hydrogens is 470 g/mol. The first-order valence-corrected chi connectivity index (χ1v) is 11.9. The molecule has 8 nitrogen and oxygen atoms in total. The number of carbonyl (C=O) groups is 1. The van der Waals surface area contributed by atoms with Crippen LogP contribution in [0.4, 0.5) is 5.69 Å². The molecule has 4 rings (SSSR count). The Morgan fingerprint density at radius 1 is 1.23 bits per heavy atom. The van der Waals surface area contributed by atoms with Crippen LogP contribution in [-0.4, -0.2) is 58.6 Å². The predicted octanol–water partition coefficient (Wildman–Crippen LogP) is 3.98. The number of amides is 1. The van der Waals surface area contributed by atoms with E-state index in [9.17, 15) is 9.90 Å². The van der Waals surface area contributed by atoms with Gasteiger partial charge in [0.25, 0.3) is 5.91 Å². The minimum absolute atomic E-state index is 0.0657. The van der Waals surface area contributed by atoms with Gasteiger partial charge in [-0.05, 0) is 66.8 Å². The van der Waals surface area contributed by atoms with E-state index in [1.54, 1.807) is 6.07 Å². The van der Waals surface area contributed by atoms with Gasteiger partial charge in [0.05, 0.1) is 6.61 Å². The van der Waals surface area contributed by atoms with Crippen LogP contribution in [0.15, 0.2) is 48.7 Å². The van der Waals surface area contributed by atoms with E-state index in [0.29, 0.717) is 30.3 Å². The summed E-state index contributed by atoms with van der Waals surface area (Å²) < 4.78 is 11.2. The predicted molar refractivity (Wildman–Crippen MR) is 133 cm³/mol. The number of nitrogens with one attached hydrogen (secondary N) is 1. The number of pyridine rings is 2. The molecule has 1 aliphatic rings. The largest absolute Gasteiger partial charge is 0.475 e. The zero-order chi connectivity index (χ0) is 24.8. The van der Waals surface area contributed by atoms with Gasteiger partial charge in [-0.15, -0.1) is 0 Å². The molecule has 0 bridgehead atoms. The van der Waals surface area contributed by atoms with E-state index in [2.05, 4.69) is 15.3 Å². The van der Waals surface area contributed by atoms with Crippen molar-refractivity contribution in [3.8, 4) is 17.0 Å². The quantitative estimate of drug-likeness (QED) is 0.403. The number of nitrogens with zero attached hydrogens (tertiary/aromatic N) is 2. The van der Waals surface area contributed by atoms with Crippen LogP contribution in [0, 0.1) is 6.92 Å². The summed E-state index contributed by atoms with van der Waals surface area (Å²) >= 11 is 5.92. The van der Waals surface area contributed by atoms with Crippen LogP contribution in [0.25, 0.3) is 11.1 Å². The zero-order valence-electron chi connectivity index (χ0n) is 19.4. The van der Waals surface area contributed by atoms with Gasteiger partial charge in [-0.3, -0.25) is 4.79 Å². The van der Waals surface area contributed by atoms with Crippen molar-refractivity contribution in [3.05, 3.63) is 70.6 Å². The van der Waals surface area contributed by atoms with Crippen LogP contribution in [0.1, 0.15) is 40.4 Å². The molecule has 0 unspecified atom stereocenters. The molecule has 0 spiro atoms. The molecule has 1 aliphatic heterocycles. The minimum atomic E-state index is -0.992. The average molecular weight is 498 g/mol. The van der Waals surface area contributed by atoms with Crippen molar-refractivity contribution >= 4 is 23.2 Å². The van der Waals surface area contributed by atoms with Crippen LogP contribution in [0.5, 0.6) is 5.88 Å². The van der Waals surface area contributed by atoms with Gasteiger partial charge in [-0.25, -0.2) is 9.97 Å². The van der Waals surface area contributed by atoms with E-state index in [1.165, 1.54) is 12.3 Å². The molecule has 3 N–H and O–H groups in total. The molecule has 0 aliphatic carbocycles. The maximum absolute atomic E-state index is 12.7. The molecule has 1 atom stereocenters. The minimum Gasteiger partial charge on any atom is -0.475 e. The van der Waals surface area contributed by atoms with Crippen molar-refractivity contribution in [1.82, 2.24) is 9.97 Å². The van der Waals surface area contributed by atoms with Gasteiger partial charge in [-0.2, -0.15) is 0 Å². The number of carbonyl (C=O) groups excluding carboxylic acids is 1. The highest BCUT2D eigenvalue weighted by Crippen LogP contribution is 2.34. The van der Waals surface area contributed by atoms with Crippen LogP contribution in [-0.2, 0) is 4.74 Å². The van der Waals surface area contributed by atoms with Crippen molar-refractivity contribution in [3.63, 3.8) is 0 Å². The first-order chi connectivity index (χ1) is 16.9. The summed E-state index contributed by atoms with van der Waals surface area (Å²) in [4.78, 5) is 21.3. The fourth-order valence-electron chi connectivity index (χ4n) is 3.95. The molecule has 1 saturated heterocycles. The van der Waals surface area contributed by atoms with Gasteiger partial charge in [0.1, 0.15) is 17.9 Å². The number of aliphatic hydroxyl groups excluding tert-OH is 2. The molecule has 0 radical (unpaired) electrons. The van der Waals surface area contributed by atoms with Crippen LogP contribution < -0.4 is 10.1 Å². The van der Waals surface area contributed by atoms with Gasteiger partial charge in [0, 0.05) is 48.3 Å². The molecule has 184 valence electrons. The Morgan fingerprint density at radius 2 is 2.03 bits per heavy atom. The highest BCUT2D eigenvalue weighted by Gasteiger charge is 2.20. The van der Waals surface area contributed by atoms with Gasteiger partial charge in [-0.1, -0.05) is 17.7 Å². The Morgan fingerprint density at radius 3 is 2.77 bits per heavy atom. The van der Waals surface area contributed by atoms with Crippen molar-refractivity contribution in [1.29, 1.82) is 0 Å². The Balaban J connectivity index is 1.65. The average Bonchev–Trinajstić information content (AvgIpc) is 2.88. The Labute approximate surface area is 208 Å². The second-order valence-corrected chi connectivity index (χ2v) is 8.89. The number of ether oxygens (including phenoxy) is 2. The summed E-state index contributed by atoms with van der Waals surface area (Å²) in [5.74, 6) is 0.314. The Bertz CT molecular complexity index is 1180. The van der Waals surface area contributed by atoms with E-state index in [0.717, 1.165) is 35.2 Å². The second kappa shape index (κ2) is 11.6. The highest BCUT2D eigenvalue weighted by molar-refractivity contribution is 6.29. The number of anilines is 1. The molecule has 3 aromatic rings. The van der Waals surface area contributed by atoms with Crippen molar-refractivity contribution in [2.75, 3.05) is 31.7 Å². The monoisotopic (exact) mass is 497 g/mol. The third kappa shape index (κ3) is 6.55. The van der Waals surface area contributed by atoms with Crippen molar-refractivity contribution < 1.29 is 24.5 Å². The number of rotatable bonds is 8. The molecule has 1 amide bonds. The number of aliphatic hydroxyl groups is 2. The number of halogens is 1. The molecule has 1 aromatic carbocycles. The smallest absolute Gasteiger partial charge is 0.255 e. The molecule has 9 heteroatoms. The van der Waals surface area contributed by atoms with Gasteiger partial charge in [0.15, 0.2) is 0 Å². The van der Waals surface area contributed by atoms with E-state index in [4.69, 9.17) is 26.2 Å². The van der Waals surface area contributed by atoms with Crippen molar-refractivity contribution in [2.24, 2.45) is 0 Å². The van der Waals surface area contributed by atoms with Crippen LogP contribution in [0.3, 0.4) is 0 Å². The van der Waals surface area contributed by atoms with E-state index in [1.807, 2.05) is 37.3 Å². The number of aromatic nitrogens is 2. The number of hydrogen-bond acceptors (Lipinski definition) is 7. The maximum atomic E-state index is 12.7. The van der Waals surface area contributed by atoms with Crippen LogP contribution in [0.2, 0.25) is 5.15 Å². The standard InChI is InChI=1S/C26H28ClN3O5/c1-16-2-3-20(29-26(33)18-4-7-28-24(27)11-18)13-22(16)19-10-23(17-5-8-34-9-6-17)30-25(12-19)35-15-21(32)14-31/h2-4,7,10-13,17,21,31-32H,5-6,8-9,14-15H2,1H3,(H,29,33)/t21-/m1/s1. The third-order valence-corrected chi connectivity index (χ3v) is 6.10. The maximum Gasteiger partial charge on any atom is 0.255 e. The molecular formula is C26H28ClN3O5. The first-order valence-electron chi connectivity index (χ1n) is 11.5. The van der Waals surface area contributed by atoms with Gasteiger partial charge >= 0.3 is 0 Å². The number of hydrogen-bond donors (Lipinski definition) is 3. The third-order valence-electron chi connectivity index (χ3n) is 5.89. The summed E-state index contributed by atoms with van der Waals surface area (Å²) in [6.45, 7) is 2.89. The fourth-order valence-corrected chi connectivity index (χ4v) is 4.12. The number of aryl methyl sites for hydroxylation is 1. The fraction of sp³-hybridized carbons (Fsp3) is 0.346. The highest BCUT2D eigenvalue weighted by atomic mass is 35.5. The SMILES string of the molecule is Cc1ccc(NC(=O)c2ccnc(Cl)c2)cc1-c1cc(OC[C@H](O)CO)nc(C2CCOCC2)c1. The summed E-state index contributed by atoms with van der Waals surface area (Å²) in [5, 5.41) is 22.0. The molecule has 0 saturated carbocycles. The number of benzene rings is 1. The summed E-state index contributed by atoms with van der Waals surface area (Å²) in [6, 6.07) is 12.7. The zero-order valence-corrected chi connectivity index (χ0v) is 20.2. The molecule has 35 heavy (non-hydrogen) atoms.